The number of para-hydroxylation sites is 1. The molecule has 0 amide bonds. The number of allylic oxidation sites excluding steroid dienone is 1. The van der Waals surface area contributed by atoms with Crippen LogP contribution in [-0.4, -0.2) is 14.7 Å². The predicted molar refractivity (Wildman–Crippen MR) is 113 cm³/mol. The minimum atomic E-state index is -3.25. The van der Waals surface area contributed by atoms with Gasteiger partial charge in [-0.1, -0.05) is 35.9 Å². The lowest BCUT2D eigenvalue weighted by Crippen LogP contribution is -2.10. The Morgan fingerprint density at radius 1 is 0.964 bits per heavy atom. The fourth-order valence-electron chi connectivity index (χ4n) is 3.46. The quantitative estimate of drug-likeness (QED) is 0.568. The number of benzene rings is 3. The molecule has 28 heavy (non-hydrogen) atoms. The van der Waals surface area contributed by atoms with E-state index in [1.807, 2.05) is 43.3 Å². The molecular formula is C23H19ClO3S. The van der Waals surface area contributed by atoms with Gasteiger partial charge in [-0.2, -0.15) is 0 Å². The average molecular weight is 411 g/mol. The van der Waals surface area contributed by atoms with E-state index in [1.54, 1.807) is 24.3 Å². The predicted octanol–water partition coefficient (Wildman–Crippen LogP) is 5.56. The van der Waals surface area contributed by atoms with Gasteiger partial charge in [-0.25, -0.2) is 8.42 Å². The van der Waals surface area contributed by atoms with Crippen LogP contribution in [0.4, 0.5) is 0 Å². The third-order valence-electron chi connectivity index (χ3n) is 4.88. The van der Waals surface area contributed by atoms with E-state index in [9.17, 15) is 8.42 Å². The maximum Gasteiger partial charge on any atom is 0.175 e. The molecule has 142 valence electrons. The third kappa shape index (κ3) is 3.58. The van der Waals surface area contributed by atoms with Gasteiger partial charge < -0.3 is 4.74 Å². The highest BCUT2D eigenvalue weighted by atomic mass is 35.5. The van der Waals surface area contributed by atoms with Crippen LogP contribution in [0.25, 0.3) is 11.3 Å². The maximum atomic E-state index is 11.8. The Hall–Kier alpha value is -2.56. The molecule has 1 heterocycles. The zero-order chi connectivity index (χ0) is 19.9. The molecule has 0 aliphatic carbocycles. The Kier molecular flexibility index (Phi) is 4.77. The van der Waals surface area contributed by atoms with Crippen molar-refractivity contribution < 1.29 is 13.2 Å². The Labute approximate surface area is 170 Å². The molecule has 1 aliphatic rings. The van der Waals surface area contributed by atoms with Crippen LogP contribution in [0.5, 0.6) is 5.75 Å². The normalized spacial score (nSPS) is 13.8. The van der Waals surface area contributed by atoms with Gasteiger partial charge in [-0.15, -0.1) is 0 Å². The van der Waals surface area contributed by atoms with Crippen molar-refractivity contribution in [3.63, 3.8) is 0 Å². The fourth-order valence-corrected chi connectivity index (χ4v) is 4.32. The molecule has 1 aliphatic heterocycles. The minimum Gasteiger partial charge on any atom is -0.456 e. The fraction of sp³-hybridized carbons (Fsp3) is 0.130. The largest absolute Gasteiger partial charge is 0.456 e. The van der Waals surface area contributed by atoms with Crippen LogP contribution >= 0.6 is 11.6 Å². The summed E-state index contributed by atoms with van der Waals surface area (Å²) >= 11 is 6.15. The number of aryl methyl sites for hydroxylation is 1. The van der Waals surface area contributed by atoms with Crippen molar-refractivity contribution in [2.45, 2.75) is 18.2 Å². The van der Waals surface area contributed by atoms with Crippen LogP contribution in [0.3, 0.4) is 0 Å². The number of sulfone groups is 1. The van der Waals surface area contributed by atoms with Crippen molar-refractivity contribution in [2.24, 2.45) is 0 Å². The van der Waals surface area contributed by atoms with Gasteiger partial charge in [0.1, 0.15) is 11.5 Å². The molecule has 0 saturated carbocycles. The summed E-state index contributed by atoms with van der Waals surface area (Å²) in [4.78, 5) is 0.289. The molecule has 0 fully saturated rings. The first-order valence-corrected chi connectivity index (χ1v) is 11.2. The van der Waals surface area contributed by atoms with Crippen molar-refractivity contribution in [2.75, 3.05) is 6.26 Å². The zero-order valence-electron chi connectivity index (χ0n) is 15.6. The van der Waals surface area contributed by atoms with Crippen molar-refractivity contribution in [1.29, 1.82) is 0 Å². The summed E-state index contributed by atoms with van der Waals surface area (Å²) in [5.41, 5.74) is 5.14. The topological polar surface area (TPSA) is 43.4 Å². The lowest BCUT2D eigenvalue weighted by atomic mass is 9.90. The van der Waals surface area contributed by atoms with E-state index in [0.717, 1.165) is 45.8 Å². The highest BCUT2D eigenvalue weighted by molar-refractivity contribution is 7.90. The first kappa shape index (κ1) is 18.8. The van der Waals surface area contributed by atoms with Crippen LogP contribution in [0, 0.1) is 6.92 Å². The summed E-state index contributed by atoms with van der Waals surface area (Å²) in [6, 6.07) is 20.6. The summed E-state index contributed by atoms with van der Waals surface area (Å²) < 4.78 is 29.9. The lowest BCUT2D eigenvalue weighted by Gasteiger charge is -2.25. The van der Waals surface area contributed by atoms with E-state index in [1.165, 1.54) is 6.26 Å². The van der Waals surface area contributed by atoms with E-state index in [0.29, 0.717) is 5.02 Å². The molecule has 0 unspecified atom stereocenters. The number of rotatable bonds is 3. The van der Waals surface area contributed by atoms with Crippen LogP contribution in [0.2, 0.25) is 5.02 Å². The van der Waals surface area contributed by atoms with Crippen LogP contribution in [-0.2, 0) is 16.3 Å². The Morgan fingerprint density at radius 3 is 2.36 bits per heavy atom. The number of halogens is 1. The molecule has 3 aromatic rings. The smallest absolute Gasteiger partial charge is 0.175 e. The van der Waals surface area contributed by atoms with Gasteiger partial charge >= 0.3 is 0 Å². The molecule has 0 N–H and O–H groups in total. The average Bonchev–Trinajstić information content (AvgIpc) is 2.66. The minimum absolute atomic E-state index is 0.289. The van der Waals surface area contributed by atoms with Crippen molar-refractivity contribution in [3.05, 3.63) is 94.0 Å². The summed E-state index contributed by atoms with van der Waals surface area (Å²) in [6.45, 7) is 2.03. The van der Waals surface area contributed by atoms with Gasteiger partial charge in [0, 0.05) is 28.8 Å². The molecule has 0 aromatic heterocycles. The second-order valence-corrected chi connectivity index (χ2v) is 9.40. The number of hydrogen-bond acceptors (Lipinski definition) is 3. The van der Waals surface area contributed by atoms with Crippen LogP contribution < -0.4 is 4.74 Å². The Bertz CT molecular complexity index is 1190. The first-order valence-electron chi connectivity index (χ1n) is 8.89. The van der Waals surface area contributed by atoms with E-state index in [2.05, 4.69) is 6.07 Å². The van der Waals surface area contributed by atoms with Crippen LogP contribution in [0.15, 0.2) is 71.6 Å². The third-order valence-corrected chi connectivity index (χ3v) is 6.25. The molecule has 0 spiro atoms. The summed E-state index contributed by atoms with van der Waals surface area (Å²) in [6.07, 6.45) is 1.93. The van der Waals surface area contributed by atoms with Gasteiger partial charge in [0.25, 0.3) is 0 Å². The second kappa shape index (κ2) is 7.12. The van der Waals surface area contributed by atoms with Gasteiger partial charge in [-0.3, -0.25) is 0 Å². The summed E-state index contributed by atoms with van der Waals surface area (Å²) in [5, 5.41) is 0.693. The molecule has 0 bridgehead atoms. The Balaban J connectivity index is 1.89. The highest BCUT2D eigenvalue weighted by Gasteiger charge is 2.23. The Morgan fingerprint density at radius 2 is 1.68 bits per heavy atom. The number of ether oxygens (including phenoxy) is 1. The van der Waals surface area contributed by atoms with Crippen molar-refractivity contribution in [3.8, 4) is 5.75 Å². The first-order chi connectivity index (χ1) is 13.3. The van der Waals surface area contributed by atoms with E-state index >= 15 is 0 Å². The molecule has 3 aromatic carbocycles. The van der Waals surface area contributed by atoms with Crippen molar-refractivity contribution >= 4 is 32.8 Å². The molecule has 0 saturated heterocycles. The van der Waals surface area contributed by atoms with Gasteiger partial charge in [0.15, 0.2) is 9.84 Å². The summed E-state index contributed by atoms with van der Waals surface area (Å²) in [7, 11) is -3.25. The lowest BCUT2D eigenvalue weighted by molar-refractivity contribution is 0.502. The molecule has 0 atom stereocenters. The van der Waals surface area contributed by atoms with Gasteiger partial charge in [-0.05, 0) is 66.1 Å². The highest BCUT2D eigenvalue weighted by Crippen LogP contribution is 2.40. The van der Waals surface area contributed by atoms with Crippen molar-refractivity contribution in [1.82, 2.24) is 0 Å². The summed E-state index contributed by atoms with van der Waals surface area (Å²) in [5.74, 6) is 1.56. The molecule has 3 nitrogen and oxygen atoms in total. The van der Waals surface area contributed by atoms with E-state index in [4.69, 9.17) is 16.3 Å². The van der Waals surface area contributed by atoms with Crippen LogP contribution in [0.1, 0.15) is 22.3 Å². The van der Waals surface area contributed by atoms with E-state index < -0.39 is 9.84 Å². The monoisotopic (exact) mass is 410 g/mol. The van der Waals surface area contributed by atoms with E-state index in [-0.39, 0.29) is 4.90 Å². The van der Waals surface area contributed by atoms with Gasteiger partial charge in [0.2, 0.25) is 0 Å². The second-order valence-electron chi connectivity index (χ2n) is 6.95. The molecule has 4 rings (SSSR count). The number of fused-ring (bicyclic) bond motifs is 1. The molecule has 5 heteroatoms. The molecule has 0 radical (unpaired) electrons. The SMILES string of the molecule is Cc1cc(Cl)ccc1C1=C(c2ccc(S(C)(=O)=O)cc2)Oc2ccccc2C1. The number of hydrogen-bond donors (Lipinski definition) is 0. The standard InChI is InChI=1S/C23H19ClO3S/c1-15-13-18(24)9-12-20(15)21-14-17-5-3-4-6-22(17)27-23(21)16-7-10-19(11-8-16)28(2,25)26/h3-13H,14H2,1-2H3. The van der Waals surface area contributed by atoms with Gasteiger partial charge in [0.05, 0.1) is 4.90 Å². The zero-order valence-corrected chi connectivity index (χ0v) is 17.1. The molecular weight excluding hydrogens is 392 g/mol. The maximum absolute atomic E-state index is 11.8.